The Kier molecular flexibility index (Phi) is 5.16. The first-order valence-corrected chi connectivity index (χ1v) is 6.03. The lowest BCUT2D eigenvalue weighted by atomic mass is 9.94. The van der Waals surface area contributed by atoms with Crippen LogP contribution < -0.4 is 5.32 Å². The molecule has 1 aromatic carbocycles. The fraction of sp³-hybridized carbons (Fsp3) is 0.500. The Morgan fingerprint density at radius 1 is 1.29 bits per heavy atom. The number of nitrogens with zero attached hydrogens (tertiary/aromatic N) is 1. The number of hydrogen-bond donors (Lipinski definition) is 1. The van der Waals surface area contributed by atoms with Crippen LogP contribution in [0.25, 0.3) is 0 Å². The van der Waals surface area contributed by atoms with Crippen molar-refractivity contribution in [1.29, 1.82) is 0 Å². The van der Waals surface area contributed by atoms with E-state index in [0.717, 1.165) is 0 Å². The molecule has 0 fully saturated rings. The molecule has 0 bridgehead atoms. The Labute approximate surface area is 104 Å². The highest BCUT2D eigenvalue weighted by atomic mass is 16.2. The number of amides is 1. The lowest BCUT2D eigenvalue weighted by Crippen LogP contribution is -2.38. The second kappa shape index (κ2) is 6.40. The molecule has 0 aliphatic heterocycles. The standard InChI is InChI=1S/C14H22N2O/c1-11(2)14(12-8-6-5-7-9-12)16(4)13(17)10-15-3/h5-9,11,14-15H,10H2,1-4H3. The van der Waals surface area contributed by atoms with Gasteiger partial charge in [0.05, 0.1) is 12.6 Å². The van der Waals surface area contributed by atoms with E-state index in [9.17, 15) is 4.79 Å². The van der Waals surface area contributed by atoms with E-state index in [2.05, 4.69) is 31.3 Å². The summed E-state index contributed by atoms with van der Waals surface area (Å²) in [6.45, 7) is 4.66. The van der Waals surface area contributed by atoms with Crippen LogP contribution in [0.1, 0.15) is 25.5 Å². The molecule has 17 heavy (non-hydrogen) atoms. The van der Waals surface area contributed by atoms with Gasteiger partial charge in [0, 0.05) is 7.05 Å². The van der Waals surface area contributed by atoms with Crippen LogP contribution in [0.2, 0.25) is 0 Å². The van der Waals surface area contributed by atoms with Crippen molar-refractivity contribution in [2.75, 3.05) is 20.6 Å². The first-order valence-electron chi connectivity index (χ1n) is 6.03. The van der Waals surface area contributed by atoms with Crippen molar-refractivity contribution in [3.8, 4) is 0 Å². The third kappa shape index (κ3) is 3.56. The van der Waals surface area contributed by atoms with E-state index >= 15 is 0 Å². The van der Waals surface area contributed by atoms with E-state index < -0.39 is 0 Å². The molecule has 0 heterocycles. The number of likely N-dealkylation sites (N-methyl/N-ethyl adjacent to an activating group) is 2. The zero-order valence-corrected chi connectivity index (χ0v) is 11.1. The normalized spacial score (nSPS) is 12.5. The number of hydrogen-bond acceptors (Lipinski definition) is 2. The molecule has 3 nitrogen and oxygen atoms in total. The van der Waals surface area contributed by atoms with Crippen LogP contribution >= 0.6 is 0 Å². The molecule has 0 aliphatic rings. The van der Waals surface area contributed by atoms with E-state index in [-0.39, 0.29) is 11.9 Å². The summed E-state index contributed by atoms with van der Waals surface area (Å²) in [6.07, 6.45) is 0. The maximum absolute atomic E-state index is 11.9. The van der Waals surface area contributed by atoms with Crippen LogP contribution in [-0.2, 0) is 4.79 Å². The maximum atomic E-state index is 11.9. The van der Waals surface area contributed by atoms with Gasteiger partial charge in [-0.1, -0.05) is 44.2 Å². The van der Waals surface area contributed by atoms with Crippen LogP contribution in [-0.4, -0.2) is 31.4 Å². The summed E-state index contributed by atoms with van der Waals surface area (Å²) in [5, 5.41) is 2.90. The molecular formula is C14H22N2O. The molecule has 0 saturated carbocycles. The molecule has 1 amide bonds. The molecule has 0 aliphatic carbocycles. The summed E-state index contributed by atoms with van der Waals surface area (Å²) < 4.78 is 0. The summed E-state index contributed by atoms with van der Waals surface area (Å²) in [6, 6.07) is 10.3. The number of carbonyl (C=O) groups is 1. The fourth-order valence-corrected chi connectivity index (χ4v) is 2.14. The van der Waals surface area contributed by atoms with Gasteiger partial charge in [-0.05, 0) is 18.5 Å². The van der Waals surface area contributed by atoms with Crippen molar-refractivity contribution in [2.24, 2.45) is 5.92 Å². The first-order chi connectivity index (χ1) is 8.07. The highest BCUT2D eigenvalue weighted by Crippen LogP contribution is 2.27. The van der Waals surface area contributed by atoms with Crippen LogP contribution in [0.4, 0.5) is 0 Å². The fourth-order valence-electron chi connectivity index (χ4n) is 2.14. The minimum atomic E-state index is 0.120. The van der Waals surface area contributed by atoms with Crippen molar-refractivity contribution < 1.29 is 4.79 Å². The molecule has 1 atom stereocenters. The zero-order chi connectivity index (χ0) is 12.8. The van der Waals surface area contributed by atoms with Gasteiger partial charge in [0.25, 0.3) is 0 Å². The summed E-state index contributed by atoms with van der Waals surface area (Å²) in [7, 11) is 3.66. The Morgan fingerprint density at radius 2 is 1.88 bits per heavy atom. The van der Waals surface area contributed by atoms with E-state index in [1.165, 1.54) is 5.56 Å². The Bertz CT molecular complexity index is 348. The van der Waals surface area contributed by atoms with E-state index in [1.807, 2.05) is 30.1 Å². The van der Waals surface area contributed by atoms with Gasteiger partial charge >= 0.3 is 0 Å². The second-order valence-corrected chi connectivity index (χ2v) is 4.63. The van der Waals surface area contributed by atoms with Crippen LogP contribution in [0.15, 0.2) is 30.3 Å². The Morgan fingerprint density at radius 3 is 2.35 bits per heavy atom. The third-order valence-electron chi connectivity index (χ3n) is 2.91. The van der Waals surface area contributed by atoms with Crippen molar-refractivity contribution in [3.63, 3.8) is 0 Å². The molecular weight excluding hydrogens is 212 g/mol. The van der Waals surface area contributed by atoms with Crippen molar-refractivity contribution in [3.05, 3.63) is 35.9 Å². The average Bonchev–Trinajstić information content (AvgIpc) is 2.30. The molecule has 1 unspecified atom stereocenters. The van der Waals surface area contributed by atoms with Crippen LogP contribution in [0.3, 0.4) is 0 Å². The highest BCUT2D eigenvalue weighted by Gasteiger charge is 2.23. The van der Waals surface area contributed by atoms with Crippen molar-refractivity contribution in [1.82, 2.24) is 10.2 Å². The molecule has 0 aromatic heterocycles. The van der Waals surface area contributed by atoms with Crippen LogP contribution in [0, 0.1) is 5.92 Å². The van der Waals surface area contributed by atoms with Gasteiger partial charge in [-0.25, -0.2) is 0 Å². The summed E-state index contributed by atoms with van der Waals surface area (Å²) >= 11 is 0. The van der Waals surface area contributed by atoms with Gasteiger partial charge < -0.3 is 10.2 Å². The highest BCUT2D eigenvalue weighted by molar-refractivity contribution is 5.78. The van der Waals surface area contributed by atoms with Gasteiger partial charge in [0.2, 0.25) is 5.91 Å². The molecule has 0 spiro atoms. The monoisotopic (exact) mass is 234 g/mol. The van der Waals surface area contributed by atoms with Gasteiger partial charge in [0.15, 0.2) is 0 Å². The van der Waals surface area contributed by atoms with Gasteiger partial charge in [-0.3, -0.25) is 4.79 Å². The van der Waals surface area contributed by atoms with Crippen molar-refractivity contribution in [2.45, 2.75) is 19.9 Å². The average molecular weight is 234 g/mol. The molecule has 1 rings (SSSR count). The third-order valence-corrected chi connectivity index (χ3v) is 2.91. The Hall–Kier alpha value is -1.35. The molecule has 94 valence electrons. The lowest BCUT2D eigenvalue weighted by Gasteiger charge is -2.31. The number of nitrogens with one attached hydrogen (secondary N) is 1. The SMILES string of the molecule is CNCC(=O)N(C)C(c1ccccc1)C(C)C. The largest absolute Gasteiger partial charge is 0.337 e. The first kappa shape index (κ1) is 13.7. The summed E-state index contributed by atoms with van der Waals surface area (Å²) in [5.41, 5.74) is 1.19. The quantitative estimate of drug-likeness (QED) is 0.846. The predicted molar refractivity (Wildman–Crippen MR) is 70.7 cm³/mol. The van der Waals surface area contributed by atoms with E-state index in [4.69, 9.17) is 0 Å². The molecule has 1 aromatic rings. The van der Waals surface area contributed by atoms with Gasteiger partial charge in [0.1, 0.15) is 0 Å². The van der Waals surface area contributed by atoms with E-state index in [1.54, 1.807) is 7.05 Å². The second-order valence-electron chi connectivity index (χ2n) is 4.63. The predicted octanol–water partition coefficient (Wildman–Crippen LogP) is 2.06. The van der Waals surface area contributed by atoms with Gasteiger partial charge in [-0.2, -0.15) is 0 Å². The zero-order valence-electron chi connectivity index (χ0n) is 11.1. The lowest BCUT2D eigenvalue weighted by molar-refractivity contribution is -0.131. The number of benzene rings is 1. The Balaban J connectivity index is 2.90. The van der Waals surface area contributed by atoms with Crippen LogP contribution in [0.5, 0.6) is 0 Å². The molecule has 0 radical (unpaired) electrons. The minimum Gasteiger partial charge on any atom is -0.337 e. The number of carbonyl (C=O) groups excluding carboxylic acids is 1. The minimum absolute atomic E-state index is 0.120. The molecule has 1 N–H and O–H groups in total. The summed E-state index contributed by atoms with van der Waals surface area (Å²) in [5.74, 6) is 0.512. The maximum Gasteiger partial charge on any atom is 0.236 e. The van der Waals surface area contributed by atoms with Crippen molar-refractivity contribution >= 4 is 5.91 Å². The number of rotatable bonds is 5. The smallest absolute Gasteiger partial charge is 0.236 e. The molecule has 0 saturated heterocycles. The summed E-state index contributed by atoms with van der Waals surface area (Å²) in [4.78, 5) is 13.8. The topological polar surface area (TPSA) is 32.3 Å². The van der Waals surface area contributed by atoms with Gasteiger partial charge in [-0.15, -0.1) is 0 Å². The molecule has 3 heteroatoms. The van der Waals surface area contributed by atoms with E-state index in [0.29, 0.717) is 12.5 Å².